The number of benzene rings is 1. The van der Waals surface area contributed by atoms with Crippen molar-refractivity contribution < 1.29 is 9.47 Å². The third-order valence-corrected chi connectivity index (χ3v) is 2.85. The monoisotopic (exact) mass is 251 g/mol. The summed E-state index contributed by atoms with van der Waals surface area (Å²) in [4.78, 5) is 0. The van der Waals surface area contributed by atoms with Crippen LogP contribution in [0.5, 0.6) is 11.5 Å². The van der Waals surface area contributed by atoms with E-state index in [9.17, 15) is 0 Å². The summed E-state index contributed by atoms with van der Waals surface area (Å²) in [5.41, 5.74) is 1.23. The summed E-state index contributed by atoms with van der Waals surface area (Å²) in [6, 6.07) is 6.48. The van der Waals surface area contributed by atoms with E-state index in [1.807, 2.05) is 6.07 Å². The SMILES string of the molecule is CCCNC(C)c1ccc(OCCC)c(OC)c1. The van der Waals surface area contributed by atoms with Gasteiger partial charge >= 0.3 is 0 Å². The van der Waals surface area contributed by atoms with Gasteiger partial charge in [0.1, 0.15) is 0 Å². The molecule has 0 aliphatic carbocycles. The highest BCUT2D eigenvalue weighted by Crippen LogP contribution is 2.30. The second-order valence-electron chi connectivity index (χ2n) is 4.43. The summed E-state index contributed by atoms with van der Waals surface area (Å²) in [5.74, 6) is 1.64. The molecular weight excluding hydrogens is 226 g/mol. The zero-order valence-electron chi connectivity index (χ0n) is 12.0. The van der Waals surface area contributed by atoms with Crippen molar-refractivity contribution in [1.82, 2.24) is 5.32 Å². The number of hydrogen-bond donors (Lipinski definition) is 1. The standard InChI is InChI=1S/C15H25NO2/c1-5-9-16-12(3)13-7-8-14(18-10-6-2)15(11-13)17-4/h7-8,11-12,16H,5-6,9-10H2,1-4H3. The fourth-order valence-electron chi connectivity index (χ4n) is 1.76. The van der Waals surface area contributed by atoms with E-state index in [0.717, 1.165) is 37.5 Å². The lowest BCUT2D eigenvalue weighted by atomic mass is 10.1. The smallest absolute Gasteiger partial charge is 0.161 e. The number of nitrogens with one attached hydrogen (secondary N) is 1. The Labute approximate surface area is 110 Å². The molecule has 0 radical (unpaired) electrons. The average Bonchev–Trinajstić information content (AvgIpc) is 2.42. The Morgan fingerprint density at radius 3 is 2.56 bits per heavy atom. The number of methoxy groups -OCH3 is 1. The summed E-state index contributed by atoms with van der Waals surface area (Å²) < 4.78 is 11.0. The van der Waals surface area contributed by atoms with Gasteiger partial charge in [-0.1, -0.05) is 19.9 Å². The molecule has 1 unspecified atom stereocenters. The predicted molar refractivity (Wildman–Crippen MR) is 75.5 cm³/mol. The minimum atomic E-state index is 0.332. The molecule has 0 bridgehead atoms. The van der Waals surface area contributed by atoms with Crippen molar-refractivity contribution in [3.05, 3.63) is 23.8 Å². The maximum atomic E-state index is 5.65. The molecule has 1 aromatic rings. The number of ether oxygens (including phenoxy) is 2. The lowest BCUT2D eigenvalue weighted by Gasteiger charge is -2.16. The summed E-state index contributed by atoms with van der Waals surface area (Å²) in [5, 5.41) is 3.47. The van der Waals surface area contributed by atoms with Crippen molar-refractivity contribution in [3.8, 4) is 11.5 Å². The van der Waals surface area contributed by atoms with Crippen molar-refractivity contribution in [3.63, 3.8) is 0 Å². The molecule has 0 saturated heterocycles. The van der Waals surface area contributed by atoms with Gasteiger partial charge in [-0.3, -0.25) is 0 Å². The largest absolute Gasteiger partial charge is 0.493 e. The minimum absolute atomic E-state index is 0.332. The van der Waals surface area contributed by atoms with Gasteiger partial charge in [0.05, 0.1) is 13.7 Å². The quantitative estimate of drug-likeness (QED) is 0.766. The normalized spacial score (nSPS) is 12.2. The molecule has 0 aliphatic rings. The molecule has 1 aromatic carbocycles. The van der Waals surface area contributed by atoms with Gasteiger partial charge < -0.3 is 14.8 Å². The van der Waals surface area contributed by atoms with Crippen LogP contribution in [-0.2, 0) is 0 Å². The predicted octanol–water partition coefficient (Wildman–Crippen LogP) is 3.54. The summed E-state index contributed by atoms with van der Waals surface area (Å²) in [6.07, 6.45) is 2.14. The first-order chi connectivity index (χ1) is 8.72. The highest BCUT2D eigenvalue weighted by atomic mass is 16.5. The van der Waals surface area contributed by atoms with Crippen molar-refractivity contribution >= 4 is 0 Å². The van der Waals surface area contributed by atoms with Crippen LogP contribution in [-0.4, -0.2) is 20.3 Å². The van der Waals surface area contributed by atoms with Gasteiger partial charge in [0.15, 0.2) is 11.5 Å². The van der Waals surface area contributed by atoms with E-state index in [4.69, 9.17) is 9.47 Å². The van der Waals surface area contributed by atoms with Crippen LogP contribution in [0, 0.1) is 0 Å². The maximum absolute atomic E-state index is 5.65. The molecule has 0 spiro atoms. The molecule has 1 atom stereocenters. The van der Waals surface area contributed by atoms with Crippen LogP contribution >= 0.6 is 0 Å². The molecule has 0 heterocycles. The van der Waals surface area contributed by atoms with Crippen molar-refractivity contribution in [2.75, 3.05) is 20.3 Å². The third-order valence-electron chi connectivity index (χ3n) is 2.85. The highest BCUT2D eigenvalue weighted by Gasteiger charge is 2.09. The lowest BCUT2D eigenvalue weighted by molar-refractivity contribution is 0.294. The van der Waals surface area contributed by atoms with E-state index in [1.54, 1.807) is 7.11 Å². The minimum Gasteiger partial charge on any atom is -0.493 e. The second-order valence-corrected chi connectivity index (χ2v) is 4.43. The molecule has 0 saturated carbocycles. The summed E-state index contributed by atoms with van der Waals surface area (Å²) in [7, 11) is 1.68. The topological polar surface area (TPSA) is 30.5 Å². The van der Waals surface area contributed by atoms with Crippen LogP contribution in [0.25, 0.3) is 0 Å². The van der Waals surface area contributed by atoms with Gasteiger partial charge in [0.2, 0.25) is 0 Å². The van der Waals surface area contributed by atoms with E-state index >= 15 is 0 Å². The average molecular weight is 251 g/mol. The Bertz CT molecular complexity index is 352. The molecule has 1 rings (SSSR count). The van der Waals surface area contributed by atoms with Crippen LogP contribution in [0.4, 0.5) is 0 Å². The Morgan fingerprint density at radius 2 is 1.94 bits per heavy atom. The van der Waals surface area contributed by atoms with Gasteiger partial charge in [-0.25, -0.2) is 0 Å². The molecule has 0 amide bonds. The molecule has 18 heavy (non-hydrogen) atoms. The van der Waals surface area contributed by atoms with E-state index < -0.39 is 0 Å². The van der Waals surface area contributed by atoms with Gasteiger partial charge in [-0.2, -0.15) is 0 Å². The zero-order valence-corrected chi connectivity index (χ0v) is 12.0. The highest BCUT2D eigenvalue weighted by molar-refractivity contribution is 5.43. The first-order valence-corrected chi connectivity index (χ1v) is 6.77. The van der Waals surface area contributed by atoms with Crippen LogP contribution < -0.4 is 14.8 Å². The Morgan fingerprint density at radius 1 is 1.17 bits per heavy atom. The van der Waals surface area contributed by atoms with Gasteiger partial charge in [-0.15, -0.1) is 0 Å². The van der Waals surface area contributed by atoms with Crippen molar-refractivity contribution in [1.29, 1.82) is 0 Å². The zero-order chi connectivity index (χ0) is 13.4. The van der Waals surface area contributed by atoms with Crippen LogP contribution in [0.3, 0.4) is 0 Å². The molecular formula is C15H25NO2. The van der Waals surface area contributed by atoms with Crippen molar-refractivity contribution in [2.45, 2.75) is 39.7 Å². The molecule has 1 N–H and O–H groups in total. The van der Waals surface area contributed by atoms with Gasteiger partial charge in [-0.05, 0) is 44.0 Å². The maximum Gasteiger partial charge on any atom is 0.161 e. The molecule has 102 valence electrons. The Balaban J connectivity index is 2.77. The van der Waals surface area contributed by atoms with Crippen molar-refractivity contribution in [2.24, 2.45) is 0 Å². The fourth-order valence-corrected chi connectivity index (χ4v) is 1.76. The summed E-state index contributed by atoms with van der Waals surface area (Å²) >= 11 is 0. The Kier molecular flexibility index (Phi) is 6.58. The first-order valence-electron chi connectivity index (χ1n) is 6.77. The van der Waals surface area contributed by atoms with Gasteiger partial charge in [0, 0.05) is 6.04 Å². The molecule has 3 nitrogen and oxygen atoms in total. The molecule has 0 fully saturated rings. The molecule has 0 aromatic heterocycles. The molecule has 0 aliphatic heterocycles. The van der Waals surface area contributed by atoms with Crippen LogP contribution in [0.15, 0.2) is 18.2 Å². The van der Waals surface area contributed by atoms with E-state index in [1.165, 1.54) is 5.56 Å². The van der Waals surface area contributed by atoms with E-state index in [2.05, 4.69) is 38.2 Å². The Hall–Kier alpha value is -1.22. The van der Waals surface area contributed by atoms with E-state index in [-0.39, 0.29) is 0 Å². The van der Waals surface area contributed by atoms with Gasteiger partial charge in [0.25, 0.3) is 0 Å². The number of hydrogen-bond acceptors (Lipinski definition) is 3. The van der Waals surface area contributed by atoms with E-state index in [0.29, 0.717) is 6.04 Å². The number of rotatable bonds is 8. The third kappa shape index (κ3) is 4.22. The molecule has 3 heteroatoms. The lowest BCUT2D eigenvalue weighted by Crippen LogP contribution is -2.19. The van der Waals surface area contributed by atoms with Crippen LogP contribution in [0.2, 0.25) is 0 Å². The second kappa shape index (κ2) is 7.98. The summed E-state index contributed by atoms with van der Waals surface area (Å²) in [6.45, 7) is 8.17. The first kappa shape index (κ1) is 14.8. The van der Waals surface area contributed by atoms with Crippen LogP contribution in [0.1, 0.15) is 45.2 Å². The fraction of sp³-hybridized carbons (Fsp3) is 0.600.